The summed E-state index contributed by atoms with van der Waals surface area (Å²) in [7, 11) is 0. The number of H-pyrrole nitrogens is 1. The summed E-state index contributed by atoms with van der Waals surface area (Å²) in [6.45, 7) is 0.0809. The predicted molar refractivity (Wildman–Crippen MR) is 82.3 cm³/mol. The third kappa shape index (κ3) is 2.18. The van der Waals surface area contributed by atoms with Gasteiger partial charge in [-0.25, -0.2) is 9.67 Å². The molecule has 7 nitrogen and oxygen atoms in total. The highest BCUT2D eigenvalue weighted by Gasteiger charge is 2.10. The van der Waals surface area contributed by atoms with E-state index in [1.807, 2.05) is 48.5 Å². The van der Waals surface area contributed by atoms with Gasteiger partial charge >= 0.3 is 0 Å². The largest absolute Gasteiger partial charge is 0.324 e. The molecule has 4 aromatic rings. The molecule has 22 heavy (non-hydrogen) atoms. The Kier molecular flexibility index (Phi) is 2.82. The molecule has 108 valence electrons. The molecule has 0 spiro atoms. The molecule has 0 unspecified atom stereocenters. The number of hydrogen-bond donors (Lipinski definition) is 2. The summed E-state index contributed by atoms with van der Waals surface area (Å²) in [4.78, 5) is 19.5. The number of nitrogens with zero attached hydrogens (tertiary/aromatic N) is 4. The van der Waals surface area contributed by atoms with Gasteiger partial charge < -0.3 is 4.98 Å². The number of carbonyl (C=O) groups is 1. The van der Waals surface area contributed by atoms with Gasteiger partial charge in [-0.3, -0.25) is 10.1 Å². The van der Waals surface area contributed by atoms with E-state index in [2.05, 4.69) is 25.6 Å². The Morgan fingerprint density at radius 3 is 2.73 bits per heavy atom. The maximum absolute atomic E-state index is 12.1. The number of anilines is 1. The third-order valence-corrected chi connectivity index (χ3v) is 3.36. The molecular weight excluding hydrogens is 280 g/mol. The second-order valence-electron chi connectivity index (χ2n) is 4.89. The summed E-state index contributed by atoms with van der Waals surface area (Å²) in [5.74, 6) is 0.213. The van der Waals surface area contributed by atoms with E-state index in [1.165, 1.54) is 0 Å². The van der Waals surface area contributed by atoms with Gasteiger partial charge in [0.2, 0.25) is 11.9 Å². The van der Waals surface area contributed by atoms with Crippen molar-refractivity contribution >= 4 is 33.9 Å². The fraction of sp³-hybridized carbons (Fsp3) is 0.0667. The molecule has 0 aliphatic carbocycles. The fourth-order valence-corrected chi connectivity index (χ4v) is 2.35. The molecule has 0 saturated heterocycles. The first-order valence-corrected chi connectivity index (χ1v) is 6.82. The molecule has 7 heteroatoms. The van der Waals surface area contributed by atoms with Crippen molar-refractivity contribution in [1.29, 1.82) is 0 Å². The summed E-state index contributed by atoms with van der Waals surface area (Å²) in [6.07, 6.45) is 0. The van der Waals surface area contributed by atoms with Crippen LogP contribution in [0.3, 0.4) is 0 Å². The standard InChI is InChI=1S/C15H12N6O/c22-14(9-21-13-8-4-3-7-12(13)19-20-21)18-15-16-10-5-1-2-6-11(10)17-15/h1-8H,9H2,(H2,16,17,18,22). The van der Waals surface area contributed by atoms with Gasteiger partial charge in [0.1, 0.15) is 12.1 Å². The number of para-hydroxylation sites is 3. The summed E-state index contributed by atoms with van der Waals surface area (Å²) in [5.41, 5.74) is 3.27. The SMILES string of the molecule is O=C(Cn1nnc2ccccc21)Nc1nc2ccccc2[nH]1. The van der Waals surface area contributed by atoms with Crippen molar-refractivity contribution in [2.75, 3.05) is 5.32 Å². The van der Waals surface area contributed by atoms with Gasteiger partial charge in [0.05, 0.1) is 16.6 Å². The van der Waals surface area contributed by atoms with E-state index in [9.17, 15) is 4.79 Å². The Bertz CT molecular complexity index is 937. The lowest BCUT2D eigenvalue weighted by molar-refractivity contribution is -0.116. The zero-order valence-electron chi connectivity index (χ0n) is 11.5. The minimum absolute atomic E-state index is 0.0809. The van der Waals surface area contributed by atoms with Crippen LogP contribution in [0, 0.1) is 0 Å². The predicted octanol–water partition coefficient (Wildman–Crippen LogP) is 1.95. The highest BCUT2D eigenvalue weighted by Crippen LogP contribution is 2.14. The summed E-state index contributed by atoms with van der Waals surface area (Å²) >= 11 is 0. The molecule has 0 aliphatic rings. The average Bonchev–Trinajstić information content (AvgIpc) is 3.11. The minimum atomic E-state index is -0.213. The second-order valence-corrected chi connectivity index (χ2v) is 4.89. The molecule has 2 heterocycles. The molecule has 0 atom stereocenters. The Hall–Kier alpha value is -3.22. The van der Waals surface area contributed by atoms with E-state index < -0.39 is 0 Å². The normalized spacial score (nSPS) is 11.1. The smallest absolute Gasteiger partial charge is 0.248 e. The van der Waals surface area contributed by atoms with Gasteiger partial charge in [-0.15, -0.1) is 5.10 Å². The van der Waals surface area contributed by atoms with Crippen molar-refractivity contribution < 1.29 is 4.79 Å². The van der Waals surface area contributed by atoms with Crippen LogP contribution >= 0.6 is 0 Å². The maximum atomic E-state index is 12.1. The maximum Gasteiger partial charge on any atom is 0.248 e. The van der Waals surface area contributed by atoms with E-state index >= 15 is 0 Å². The highest BCUT2D eigenvalue weighted by molar-refractivity contribution is 5.91. The summed E-state index contributed by atoms with van der Waals surface area (Å²) in [6, 6.07) is 15.1. The van der Waals surface area contributed by atoms with E-state index in [4.69, 9.17) is 0 Å². The first-order valence-electron chi connectivity index (χ1n) is 6.82. The van der Waals surface area contributed by atoms with Crippen LogP contribution in [0.5, 0.6) is 0 Å². The van der Waals surface area contributed by atoms with Crippen molar-refractivity contribution in [2.24, 2.45) is 0 Å². The number of carbonyl (C=O) groups excluding carboxylic acids is 1. The van der Waals surface area contributed by atoms with Crippen molar-refractivity contribution in [2.45, 2.75) is 6.54 Å². The van der Waals surface area contributed by atoms with Crippen LogP contribution < -0.4 is 5.32 Å². The molecule has 2 aromatic heterocycles. The topological polar surface area (TPSA) is 88.5 Å². The lowest BCUT2D eigenvalue weighted by Gasteiger charge is -2.02. The number of fused-ring (bicyclic) bond motifs is 2. The Morgan fingerprint density at radius 2 is 1.86 bits per heavy atom. The fourth-order valence-electron chi connectivity index (χ4n) is 2.35. The van der Waals surface area contributed by atoms with E-state index in [-0.39, 0.29) is 12.5 Å². The van der Waals surface area contributed by atoms with Crippen LogP contribution in [0.15, 0.2) is 48.5 Å². The number of benzene rings is 2. The summed E-state index contributed by atoms with van der Waals surface area (Å²) in [5, 5.41) is 10.8. The Morgan fingerprint density at radius 1 is 1.09 bits per heavy atom. The van der Waals surface area contributed by atoms with Gasteiger partial charge in [-0.1, -0.05) is 29.5 Å². The van der Waals surface area contributed by atoms with Crippen LogP contribution in [0.25, 0.3) is 22.1 Å². The number of aromatic nitrogens is 5. The molecule has 4 rings (SSSR count). The third-order valence-electron chi connectivity index (χ3n) is 3.36. The molecular formula is C15H12N6O. The van der Waals surface area contributed by atoms with Crippen LogP contribution in [-0.2, 0) is 11.3 Å². The lowest BCUT2D eigenvalue weighted by atomic mass is 10.3. The minimum Gasteiger partial charge on any atom is -0.324 e. The van der Waals surface area contributed by atoms with Gasteiger partial charge in [0, 0.05) is 0 Å². The molecule has 2 N–H and O–H groups in total. The number of imidazole rings is 1. The highest BCUT2D eigenvalue weighted by atomic mass is 16.2. The van der Waals surface area contributed by atoms with Crippen molar-refractivity contribution in [3.63, 3.8) is 0 Å². The van der Waals surface area contributed by atoms with Gasteiger partial charge in [-0.2, -0.15) is 0 Å². The van der Waals surface area contributed by atoms with E-state index in [1.54, 1.807) is 4.68 Å². The van der Waals surface area contributed by atoms with Gasteiger partial charge in [0.25, 0.3) is 0 Å². The van der Waals surface area contributed by atoms with Crippen LogP contribution in [0.4, 0.5) is 5.95 Å². The monoisotopic (exact) mass is 292 g/mol. The Balaban J connectivity index is 1.55. The molecule has 0 radical (unpaired) electrons. The molecule has 2 aromatic carbocycles. The number of hydrogen-bond acceptors (Lipinski definition) is 4. The van der Waals surface area contributed by atoms with Crippen molar-refractivity contribution in [1.82, 2.24) is 25.0 Å². The summed E-state index contributed by atoms with van der Waals surface area (Å²) < 4.78 is 1.56. The number of nitrogens with one attached hydrogen (secondary N) is 2. The van der Waals surface area contributed by atoms with E-state index in [0.717, 1.165) is 22.1 Å². The van der Waals surface area contributed by atoms with Crippen molar-refractivity contribution in [3.05, 3.63) is 48.5 Å². The molecule has 0 fully saturated rings. The second kappa shape index (κ2) is 4.96. The molecule has 0 saturated carbocycles. The first-order chi connectivity index (χ1) is 10.8. The lowest BCUT2D eigenvalue weighted by Crippen LogP contribution is -2.20. The number of amides is 1. The number of rotatable bonds is 3. The zero-order valence-corrected chi connectivity index (χ0v) is 11.5. The van der Waals surface area contributed by atoms with E-state index in [0.29, 0.717) is 5.95 Å². The van der Waals surface area contributed by atoms with Gasteiger partial charge in [0.15, 0.2) is 0 Å². The molecule has 1 amide bonds. The molecule has 0 bridgehead atoms. The number of aromatic amines is 1. The van der Waals surface area contributed by atoms with Gasteiger partial charge in [-0.05, 0) is 24.3 Å². The van der Waals surface area contributed by atoms with Crippen LogP contribution in [-0.4, -0.2) is 30.9 Å². The van der Waals surface area contributed by atoms with Crippen LogP contribution in [0.1, 0.15) is 0 Å². The quantitative estimate of drug-likeness (QED) is 0.604. The van der Waals surface area contributed by atoms with Crippen molar-refractivity contribution in [3.8, 4) is 0 Å². The Labute approximate surface area is 125 Å². The molecule has 0 aliphatic heterocycles. The first kappa shape index (κ1) is 12.5. The zero-order chi connectivity index (χ0) is 14.9. The van der Waals surface area contributed by atoms with Crippen LogP contribution in [0.2, 0.25) is 0 Å². The average molecular weight is 292 g/mol.